The number of carbonyl (C=O) groups is 1. The maximum Gasteiger partial charge on any atom is 0.293 e. The molecule has 1 unspecified atom stereocenters. The molecule has 6 aromatic rings. The van der Waals surface area contributed by atoms with Crippen LogP contribution < -0.4 is 19.8 Å². The molecule has 1 amide bonds. The number of nitro groups is 1. The molecule has 2 aliphatic rings. The number of anilines is 4. The molecule has 0 bridgehead atoms. The van der Waals surface area contributed by atoms with E-state index >= 15 is 0 Å². The molecule has 0 aliphatic carbocycles. The number of carbonyl (C=O) groups excluding carboxylic acids is 1. The molecule has 14 heteroatoms. The SMILES string of the molecule is Cc1c(C(=O)N2CCC2)c(-c2cccc(N3CCN(c4ccc(NS(=O)c5ccc(NCCSc6ccccc6)c([N+](=O)[O-])c5)cc4)CC3)c2)c(-c2ccc(Cl)cc2)n1C. The quantitative estimate of drug-likeness (QED) is 0.0482. The molecule has 2 saturated heterocycles. The summed E-state index contributed by atoms with van der Waals surface area (Å²) < 4.78 is 18.5. The summed E-state index contributed by atoms with van der Waals surface area (Å²) in [5.74, 6) is 0.813. The van der Waals surface area contributed by atoms with Gasteiger partial charge in [0.1, 0.15) is 5.69 Å². The molecule has 60 heavy (non-hydrogen) atoms. The normalized spacial score (nSPS) is 14.4. The van der Waals surface area contributed by atoms with Crippen LogP contribution in [0.1, 0.15) is 22.5 Å². The molecule has 2 aliphatic heterocycles. The first-order valence-electron chi connectivity index (χ1n) is 20.0. The lowest BCUT2D eigenvalue weighted by Crippen LogP contribution is -2.46. The molecule has 0 spiro atoms. The van der Waals surface area contributed by atoms with E-state index in [9.17, 15) is 19.1 Å². The van der Waals surface area contributed by atoms with Gasteiger partial charge >= 0.3 is 0 Å². The Hall–Kier alpha value is -5.76. The van der Waals surface area contributed by atoms with Gasteiger partial charge in [-0.25, -0.2) is 4.21 Å². The summed E-state index contributed by atoms with van der Waals surface area (Å²) >= 11 is 7.95. The Kier molecular flexibility index (Phi) is 12.5. The van der Waals surface area contributed by atoms with Gasteiger partial charge in [-0.3, -0.25) is 14.9 Å². The third-order valence-electron chi connectivity index (χ3n) is 11.2. The number of benzene rings is 5. The highest BCUT2D eigenvalue weighted by atomic mass is 35.5. The number of hydrogen-bond acceptors (Lipinski definition) is 8. The smallest absolute Gasteiger partial charge is 0.293 e. The molecule has 2 fully saturated rings. The summed E-state index contributed by atoms with van der Waals surface area (Å²) in [6.07, 6.45) is 1.03. The minimum atomic E-state index is -1.71. The number of halogens is 1. The molecule has 3 heterocycles. The number of thioether (sulfide) groups is 1. The van der Waals surface area contributed by atoms with Gasteiger partial charge < -0.3 is 29.3 Å². The van der Waals surface area contributed by atoms with E-state index in [1.807, 2.05) is 97.7 Å². The van der Waals surface area contributed by atoms with Crippen molar-refractivity contribution >= 4 is 68.7 Å². The van der Waals surface area contributed by atoms with E-state index in [1.165, 1.54) is 6.07 Å². The molecule has 5 aromatic carbocycles. The van der Waals surface area contributed by atoms with Gasteiger partial charge in [-0.1, -0.05) is 54.1 Å². The third kappa shape index (κ3) is 8.89. The van der Waals surface area contributed by atoms with Gasteiger partial charge in [-0.15, -0.1) is 11.8 Å². The van der Waals surface area contributed by atoms with Crippen molar-refractivity contribution in [1.29, 1.82) is 0 Å². The van der Waals surface area contributed by atoms with Gasteiger partial charge in [-0.2, -0.15) is 0 Å². The second-order valence-corrected chi connectivity index (χ2v) is 17.7. The Morgan fingerprint density at radius 2 is 1.52 bits per heavy atom. The van der Waals surface area contributed by atoms with Crippen molar-refractivity contribution in [3.8, 4) is 22.4 Å². The van der Waals surface area contributed by atoms with Crippen molar-refractivity contribution < 1.29 is 13.9 Å². The predicted octanol–water partition coefficient (Wildman–Crippen LogP) is 9.74. The van der Waals surface area contributed by atoms with Gasteiger partial charge in [0.05, 0.1) is 21.1 Å². The van der Waals surface area contributed by atoms with Crippen LogP contribution in [0.15, 0.2) is 131 Å². The molecule has 2 N–H and O–H groups in total. The standard InChI is InChI=1S/C46H46ClN7O4S2/c1-32-43(46(55)53-23-7-24-53)44(45(50(32)2)33-12-14-35(47)15-13-33)34-8-6-9-38(30-34)52-27-25-51(26-28-52)37-18-16-36(17-19-37)49-60(58)40-20-21-41(42(31-40)54(56)57)48-22-29-59-39-10-4-3-5-11-39/h3-6,8-21,30-31,48-49H,7,22-29H2,1-2H3. The first-order valence-corrected chi connectivity index (χ1v) is 22.5. The average Bonchev–Trinajstić information content (AvgIpc) is 3.52. The zero-order chi connectivity index (χ0) is 41.8. The van der Waals surface area contributed by atoms with Crippen LogP contribution in [0, 0.1) is 17.0 Å². The highest BCUT2D eigenvalue weighted by Gasteiger charge is 2.31. The fourth-order valence-electron chi connectivity index (χ4n) is 7.75. The summed E-state index contributed by atoms with van der Waals surface area (Å²) in [6, 6.07) is 38.7. The number of nitrogens with one attached hydrogen (secondary N) is 2. The molecular weight excluding hydrogens is 814 g/mol. The lowest BCUT2D eigenvalue weighted by molar-refractivity contribution is -0.384. The number of amides is 1. The number of piperazine rings is 1. The predicted molar refractivity (Wildman–Crippen MR) is 246 cm³/mol. The lowest BCUT2D eigenvalue weighted by Gasteiger charge is -2.37. The van der Waals surface area contributed by atoms with E-state index in [-0.39, 0.29) is 11.6 Å². The van der Waals surface area contributed by atoms with E-state index in [1.54, 1.807) is 23.9 Å². The van der Waals surface area contributed by atoms with Gasteiger partial charge in [0.2, 0.25) is 0 Å². The topological polar surface area (TPSA) is 116 Å². The number of likely N-dealkylation sites (tertiary alicyclic amines) is 1. The summed E-state index contributed by atoms with van der Waals surface area (Å²) in [5.41, 5.74) is 8.72. The van der Waals surface area contributed by atoms with Crippen molar-refractivity contribution in [1.82, 2.24) is 9.47 Å². The van der Waals surface area contributed by atoms with Crippen LogP contribution in [0.4, 0.5) is 28.4 Å². The van der Waals surface area contributed by atoms with Crippen LogP contribution in [0.2, 0.25) is 5.02 Å². The van der Waals surface area contributed by atoms with E-state index < -0.39 is 15.9 Å². The first-order chi connectivity index (χ1) is 29.1. The second kappa shape index (κ2) is 18.2. The fraction of sp³-hybridized carbons (Fsp3) is 0.239. The molecule has 0 saturated carbocycles. The second-order valence-electron chi connectivity index (χ2n) is 14.9. The zero-order valence-corrected chi connectivity index (χ0v) is 35.9. The Morgan fingerprint density at radius 3 is 2.18 bits per heavy atom. The van der Waals surface area contributed by atoms with Gasteiger partial charge in [0, 0.05) is 103 Å². The first kappa shape index (κ1) is 41.0. The van der Waals surface area contributed by atoms with E-state index in [0.717, 1.165) is 101 Å². The number of hydrogen-bond donors (Lipinski definition) is 2. The monoisotopic (exact) mass is 859 g/mol. The van der Waals surface area contributed by atoms with Crippen molar-refractivity contribution in [2.24, 2.45) is 7.05 Å². The summed E-state index contributed by atoms with van der Waals surface area (Å²) in [4.78, 5) is 33.5. The molecule has 0 radical (unpaired) electrons. The van der Waals surface area contributed by atoms with E-state index in [2.05, 4.69) is 48.7 Å². The van der Waals surface area contributed by atoms with Crippen LogP contribution in [-0.2, 0) is 18.0 Å². The molecular formula is C46H46ClN7O4S2. The Balaban J connectivity index is 0.912. The lowest BCUT2D eigenvalue weighted by atomic mass is 9.95. The maximum atomic E-state index is 13.9. The van der Waals surface area contributed by atoms with E-state index in [0.29, 0.717) is 27.8 Å². The Morgan fingerprint density at radius 1 is 0.817 bits per heavy atom. The van der Waals surface area contributed by atoms with Crippen molar-refractivity contribution in [2.75, 3.05) is 71.4 Å². The highest BCUT2D eigenvalue weighted by Crippen LogP contribution is 2.41. The molecule has 8 rings (SSSR count). The van der Waals surface area contributed by atoms with Gasteiger partial charge in [-0.05, 0) is 97.3 Å². The van der Waals surface area contributed by atoms with Crippen LogP contribution in [0.5, 0.6) is 0 Å². The minimum absolute atomic E-state index is 0.0758. The van der Waals surface area contributed by atoms with Crippen LogP contribution in [0.3, 0.4) is 0 Å². The van der Waals surface area contributed by atoms with Gasteiger partial charge in [0.15, 0.2) is 11.0 Å². The van der Waals surface area contributed by atoms with Crippen molar-refractivity contribution in [2.45, 2.75) is 23.1 Å². The van der Waals surface area contributed by atoms with Crippen LogP contribution in [-0.4, -0.2) is 76.1 Å². The molecule has 1 atom stereocenters. The van der Waals surface area contributed by atoms with Crippen molar-refractivity contribution in [3.05, 3.63) is 148 Å². The Bertz CT molecular complexity index is 2520. The molecule has 11 nitrogen and oxygen atoms in total. The Labute approximate surface area is 362 Å². The van der Waals surface area contributed by atoms with Crippen LogP contribution >= 0.6 is 23.4 Å². The third-order valence-corrected chi connectivity index (χ3v) is 13.6. The maximum absolute atomic E-state index is 13.9. The summed E-state index contributed by atoms with van der Waals surface area (Å²) in [7, 11) is 0.321. The molecule has 308 valence electrons. The number of nitrogens with zero attached hydrogens (tertiary/aromatic N) is 5. The van der Waals surface area contributed by atoms with Gasteiger partial charge in [0.25, 0.3) is 11.6 Å². The minimum Gasteiger partial charge on any atom is -0.379 e. The fourth-order valence-corrected chi connectivity index (χ4v) is 9.55. The average molecular weight is 861 g/mol. The van der Waals surface area contributed by atoms with Crippen LogP contribution in [0.25, 0.3) is 22.4 Å². The number of rotatable bonds is 14. The van der Waals surface area contributed by atoms with Crippen molar-refractivity contribution in [3.63, 3.8) is 0 Å². The zero-order valence-electron chi connectivity index (χ0n) is 33.5. The largest absolute Gasteiger partial charge is 0.379 e. The van der Waals surface area contributed by atoms with E-state index in [4.69, 9.17) is 11.6 Å². The summed E-state index contributed by atoms with van der Waals surface area (Å²) in [6.45, 7) is 7.34. The number of nitro benzene ring substituents is 1. The number of aromatic nitrogens is 1. The highest BCUT2D eigenvalue weighted by molar-refractivity contribution is 7.99. The molecule has 1 aromatic heterocycles. The summed E-state index contributed by atoms with van der Waals surface area (Å²) in [5, 5.41) is 15.8.